The lowest BCUT2D eigenvalue weighted by atomic mass is 9.91. The van der Waals surface area contributed by atoms with E-state index in [1.54, 1.807) is 0 Å². The molecule has 2 fully saturated rings. The Kier molecular flexibility index (Phi) is 3.53. The van der Waals surface area contributed by atoms with Crippen molar-refractivity contribution in [2.24, 2.45) is 5.92 Å². The maximum absolute atomic E-state index is 12.4. The largest absolute Gasteiger partial charge is 0.444 e. The topological polar surface area (TPSA) is 38.8 Å². The van der Waals surface area contributed by atoms with Crippen molar-refractivity contribution in [1.82, 2.24) is 4.90 Å². The Morgan fingerprint density at radius 3 is 2.75 bits per heavy atom. The molecule has 2 heterocycles. The molecule has 4 nitrogen and oxygen atoms in total. The highest BCUT2D eigenvalue weighted by molar-refractivity contribution is 5.70. The molecule has 1 amide bonds. The van der Waals surface area contributed by atoms with Gasteiger partial charge in [-0.3, -0.25) is 4.90 Å². The molecule has 112 valence electrons. The van der Waals surface area contributed by atoms with Crippen LogP contribution in [0.15, 0.2) is 11.6 Å². The van der Waals surface area contributed by atoms with Gasteiger partial charge in [0.2, 0.25) is 0 Å². The van der Waals surface area contributed by atoms with Gasteiger partial charge < -0.3 is 9.47 Å². The van der Waals surface area contributed by atoms with E-state index >= 15 is 0 Å². The van der Waals surface area contributed by atoms with Gasteiger partial charge in [0.15, 0.2) is 0 Å². The molecule has 0 spiro atoms. The summed E-state index contributed by atoms with van der Waals surface area (Å²) in [6.07, 6.45) is 6.97. The van der Waals surface area contributed by atoms with E-state index in [1.165, 1.54) is 24.8 Å². The summed E-state index contributed by atoms with van der Waals surface area (Å²) >= 11 is 0. The summed E-state index contributed by atoms with van der Waals surface area (Å²) in [5, 5.41) is 0. The molecule has 0 aromatic heterocycles. The van der Waals surface area contributed by atoms with E-state index in [9.17, 15) is 4.79 Å². The van der Waals surface area contributed by atoms with E-state index in [1.807, 2.05) is 25.7 Å². The molecular weight excluding hydrogens is 254 g/mol. The van der Waals surface area contributed by atoms with E-state index in [0.29, 0.717) is 13.2 Å². The van der Waals surface area contributed by atoms with E-state index in [0.717, 1.165) is 12.3 Å². The van der Waals surface area contributed by atoms with Gasteiger partial charge in [0.05, 0.1) is 25.3 Å². The molecule has 0 radical (unpaired) electrons. The Hall–Kier alpha value is -1.03. The van der Waals surface area contributed by atoms with Crippen molar-refractivity contribution in [3.63, 3.8) is 0 Å². The summed E-state index contributed by atoms with van der Waals surface area (Å²) in [4.78, 5) is 14.3. The second-order valence-corrected chi connectivity index (χ2v) is 7.32. The minimum Gasteiger partial charge on any atom is -0.444 e. The van der Waals surface area contributed by atoms with Crippen molar-refractivity contribution < 1.29 is 14.3 Å². The number of hydrogen-bond acceptors (Lipinski definition) is 3. The highest BCUT2D eigenvalue weighted by atomic mass is 16.6. The molecule has 4 heteroatoms. The van der Waals surface area contributed by atoms with Crippen molar-refractivity contribution in [3.8, 4) is 0 Å². The summed E-state index contributed by atoms with van der Waals surface area (Å²) in [7, 11) is 0. The summed E-state index contributed by atoms with van der Waals surface area (Å²) < 4.78 is 11.2. The Morgan fingerprint density at radius 2 is 2.15 bits per heavy atom. The van der Waals surface area contributed by atoms with Crippen LogP contribution in [0.2, 0.25) is 0 Å². The molecular formula is C16H25NO3. The number of hydrogen-bond donors (Lipinski definition) is 0. The Bertz CT molecular complexity index is 420. The predicted octanol–water partition coefficient (Wildman–Crippen LogP) is 3.12. The average molecular weight is 279 g/mol. The minimum absolute atomic E-state index is 0.0612. The predicted molar refractivity (Wildman–Crippen MR) is 76.5 cm³/mol. The molecule has 0 aromatic carbocycles. The van der Waals surface area contributed by atoms with Crippen molar-refractivity contribution in [1.29, 1.82) is 0 Å². The van der Waals surface area contributed by atoms with E-state index in [4.69, 9.17) is 9.47 Å². The van der Waals surface area contributed by atoms with Gasteiger partial charge in [-0.05, 0) is 52.4 Å². The number of rotatable bonds is 2. The molecule has 2 unspecified atom stereocenters. The van der Waals surface area contributed by atoms with Gasteiger partial charge in [-0.25, -0.2) is 4.79 Å². The van der Waals surface area contributed by atoms with E-state index < -0.39 is 5.60 Å². The number of amides is 1. The van der Waals surface area contributed by atoms with Crippen LogP contribution in [-0.4, -0.2) is 41.9 Å². The number of ether oxygens (including phenoxy) is 2. The van der Waals surface area contributed by atoms with Crippen LogP contribution >= 0.6 is 0 Å². The molecule has 2 aliphatic heterocycles. The number of nitrogens with zero attached hydrogens (tertiary/aromatic N) is 1. The lowest BCUT2D eigenvalue weighted by molar-refractivity contribution is -0.0538. The first-order valence-electron chi connectivity index (χ1n) is 7.71. The smallest absolute Gasteiger partial charge is 0.411 e. The molecule has 2 bridgehead atoms. The van der Waals surface area contributed by atoms with Crippen LogP contribution in [0.5, 0.6) is 0 Å². The van der Waals surface area contributed by atoms with Crippen LogP contribution in [-0.2, 0) is 9.47 Å². The van der Waals surface area contributed by atoms with Gasteiger partial charge in [0, 0.05) is 0 Å². The first-order valence-corrected chi connectivity index (χ1v) is 7.71. The van der Waals surface area contributed by atoms with Crippen LogP contribution in [0.1, 0.15) is 46.5 Å². The van der Waals surface area contributed by atoms with Gasteiger partial charge in [0.25, 0.3) is 0 Å². The molecule has 1 saturated heterocycles. The first kappa shape index (κ1) is 13.9. The lowest BCUT2D eigenvalue weighted by Crippen LogP contribution is -2.57. The molecule has 3 rings (SSSR count). The molecule has 0 aromatic rings. The van der Waals surface area contributed by atoms with Crippen LogP contribution < -0.4 is 0 Å². The zero-order chi connectivity index (χ0) is 14.3. The minimum atomic E-state index is -0.440. The molecule has 2 atom stereocenters. The monoisotopic (exact) mass is 279 g/mol. The maximum Gasteiger partial charge on any atom is 0.411 e. The fourth-order valence-electron chi connectivity index (χ4n) is 3.13. The van der Waals surface area contributed by atoms with E-state index in [2.05, 4.69) is 6.08 Å². The van der Waals surface area contributed by atoms with Gasteiger partial charge in [-0.15, -0.1) is 0 Å². The Labute approximate surface area is 121 Å². The maximum atomic E-state index is 12.4. The quantitative estimate of drug-likeness (QED) is 0.729. The second-order valence-electron chi connectivity index (χ2n) is 7.32. The SMILES string of the molecule is CC(C)(C)OC(=O)N1C2C=C(CC3CC3)CC1COC2. The fourth-order valence-corrected chi connectivity index (χ4v) is 3.13. The highest BCUT2D eigenvalue weighted by Crippen LogP contribution is 2.39. The van der Waals surface area contributed by atoms with E-state index in [-0.39, 0.29) is 18.2 Å². The molecule has 1 aliphatic carbocycles. The Morgan fingerprint density at radius 1 is 1.40 bits per heavy atom. The summed E-state index contributed by atoms with van der Waals surface area (Å²) in [6.45, 7) is 6.97. The van der Waals surface area contributed by atoms with Crippen LogP contribution in [0.3, 0.4) is 0 Å². The van der Waals surface area contributed by atoms with Crippen molar-refractivity contribution in [2.75, 3.05) is 13.2 Å². The van der Waals surface area contributed by atoms with Crippen LogP contribution in [0, 0.1) is 5.92 Å². The van der Waals surface area contributed by atoms with Gasteiger partial charge in [-0.2, -0.15) is 0 Å². The summed E-state index contributed by atoms with van der Waals surface area (Å²) in [5.74, 6) is 0.899. The third kappa shape index (κ3) is 3.17. The first-order chi connectivity index (χ1) is 9.42. The molecule has 1 saturated carbocycles. The van der Waals surface area contributed by atoms with Crippen molar-refractivity contribution in [3.05, 3.63) is 11.6 Å². The van der Waals surface area contributed by atoms with Crippen LogP contribution in [0.4, 0.5) is 4.79 Å². The van der Waals surface area contributed by atoms with Gasteiger partial charge in [0.1, 0.15) is 5.60 Å². The standard InChI is InChI=1S/C16H25NO3/c1-16(2,3)20-15(18)17-13-7-12(6-11-4-5-11)8-14(17)10-19-9-13/h7,11,13-14H,4-6,8-10H2,1-3H3. The lowest BCUT2D eigenvalue weighted by Gasteiger charge is -2.44. The Balaban J connectivity index is 1.72. The molecule has 20 heavy (non-hydrogen) atoms. The number of carbonyl (C=O) groups excluding carboxylic acids is 1. The zero-order valence-corrected chi connectivity index (χ0v) is 12.7. The zero-order valence-electron chi connectivity index (χ0n) is 12.7. The third-order valence-electron chi connectivity index (χ3n) is 4.13. The summed E-state index contributed by atoms with van der Waals surface area (Å²) in [5.41, 5.74) is 1.08. The summed E-state index contributed by atoms with van der Waals surface area (Å²) in [6, 6.07) is 0.216. The van der Waals surface area contributed by atoms with Crippen molar-refractivity contribution >= 4 is 6.09 Å². The molecule has 0 N–H and O–H groups in total. The third-order valence-corrected chi connectivity index (χ3v) is 4.13. The second kappa shape index (κ2) is 5.06. The number of carbonyl (C=O) groups is 1. The van der Waals surface area contributed by atoms with Crippen molar-refractivity contribution in [2.45, 2.75) is 64.1 Å². The van der Waals surface area contributed by atoms with Gasteiger partial charge in [-0.1, -0.05) is 11.6 Å². The van der Waals surface area contributed by atoms with Crippen LogP contribution in [0.25, 0.3) is 0 Å². The number of morpholine rings is 1. The van der Waals surface area contributed by atoms with Gasteiger partial charge >= 0.3 is 6.09 Å². The fraction of sp³-hybridized carbons (Fsp3) is 0.812. The number of fused-ring (bicyclic) bond motifs is 2. The molecule has 3 aliphatic rings. The highest BCUT2D eigenvalue weighted by Gasteiger charge is 2.40. The average Bonchev–Trinajstić information content (AvgIpc) is 3.09. The normalized spacial score (nSPS) is 29.9.